The highest BCUT2D eigenvalue weighted by molar-refractivity contribution is 6.14. The van der Waals surface area contributed by atoms with E-state index in [0.717, 1.165) is 11.4 Å². The van der Waals surface area contributed by atoms with Gasteiger partial charge in [0.25, 0.3) is 0 Å². The molecule has 1 aliphatic carbocycles. The Bertz CT molecular complexity index is 2460. The van der Waals surface area contributed by atoms with Crippen molar-refractivity contribution in [2.75, 3.05) is 4.90 Å². The topological polar surface area (TPSA) is 3.24 Å². The van der Waals surface area contributed by atoms with E-state index in [0.29, 0.717) is 0 Å². The summed E-state index contributed by atoms with van der Waals surface area (Å²) < 4.78 is 0. The van der Waals surface area contributed by atoms with Gasteiger partial charge in [0.05, 0.1) is 5.69 Å². The van der Waals surface area contributed by atoms with Crippen LogP contribution in [0.25, 0.3) is 54.9 Å². The minimum atomic E-state index is -0.153. The molecule has 0 bridgehead atoms. The molecule has 0 atom stereocenters. The third-order valence-electron chi connectivity index (χ3n) is 10.2. The summed E-state index contributed by atoms with van der Waals surface area (Å²) >= 11 is 0. The van der Waals surface area contributed by atoms with Crippen molar-refractivity contribution in [3.05, 3.63) is 187 Å². The van der Waals surface area contributed by atoms with Gasteiger partial charge < -0.3 is 4.90 Å². The van der Waals surface area contributed by atoms with Gasteiger partial charge in [0.2, 0.25) is 0 Å². The largest absolute Gasteiger partial charge is 0.310 e. The summed E-state index contributed by atoms with van der Waals surface area (Å²) in [6.45, 7) is 4.75. The van der Waals surface area contributed by atoms with Gasteiger partial charge in [-0.25, -0.2) is 0 Å². The lowest BCUT2D eigenvalue weighted by Gasteiger charge is -2.29. The number of hydrogen-bond donors (Lipinski definition) is 0. The minimum absolute atomic E-state index is 0.153. The van der Waals surface area contributed by atoms with E-state index >= 15 is 0 Å². The van der Waals surface area contributed by atoms with Gasteiger partial charge in [-0.1, -0.05) is 153 Å². The zero-order valence-corrected chi connectivity index (χ0v) is 27.2. The summed E-state index contributed by atoms with van der Waals surface area (Å²) in [5.74, 6) is 0. The molecule has 1 nitrogen and oxygen atoms in total. The third-order valence-corrected chi connectivity index (χ3v) is 10.2. The Labute approximate surface area is 282 Å². The normalized spacial score (nSPS) is 13.0. The number of rotatable bonds is 5. The molecule has 0 unspecified atom stereocenters. The first-order valence-corrected chi connectivity index (χ1v) is 16.8. The molecule has 8 aromatic rings. The van der Waals surface area contributed by atoms with Crippen molar-refractivity contribution < 1.29 is 0 Å². The molecule has 0 radical (unpaired) electrons. The van der Waals surface area contributed by atoms with Crippen LogP contribution >= 0.6 is 0 Å². The summed E-state index contributed by atoms with van der Waals surface area (Å²) in [4.78, 5) is 2.46. The van der Waals surface area contributed by atoms with Gasteiger partial charge in [-0.05, 0) is 97.1 Å². The lowest BCUT2D eigenvalue weighted by atomic mass is 9.81. The van der Waals surface area contributed by atoms with Crippen LogP contribution in [0, 0.1) is 0 Å². The van der Waals surface area contributed by atoms with Gasteiger partial charge in [-0.15, -0.1) is 0 Å². The van der Waals surface area contributed by atoms with Gasteiger partial charge in [0, 0.05) is 22.2 Å². The summed E-state index contributed by atoms with van der Waals surface area (Å²) in [5, 5.41) is 5.01. The fourth-order valence-corrected chi connectivity index (χ4v) is 7.76. The molecular weight excluding hydrogens is 579 g/mol. The fourth-order valence-electron chi connectivity index (χ4n) is 7.76. The third kappa shape index (κ3) is 4.54. The van der Waals surface area contributed by atoms with Crippen molar-refractivity contribution in [2.24, 2.45) is 0 Å². The number of fused-ring (bicyclic) bond motifs is 6. The van der Waals surface area contributed by atoms with Gasteiger partial charge >= 0.3 is 0 Å². The predicted octanol–water partition coefficient (Wildman–Crippen LogP) is 13.1. The van der Waals surface area contributed by atoms with Crippen LogP contribution in [-0.2, 0) is 5.41 Å². The molecule has 0 fully saturated rings. The molecule has 1 aliphatic rings. The summed E-state index contributed by atoms with van der Waals surface area (Å²) in [5.41, 5.74) is 13.6. The molecule has 0 spiro atoms. The number of anilines is 3. The maximum atomic E-state index is 2.46. The van der Waals surface area contributed by atoms with E-state index in [1.165, 1.54) is 71.7 Å². The Morgan fingerprint density at radius 2 is 0.875 bits per heavy atom. The summed E-state index contributed by atoms with van der Waals surface area (Å²) in [6, 6.07) is 64.4. The highest BCUT2D eigenvalue weighted by Crippen LogP contribution is 2.52. The molecule has 0 saturated heterocycles. The molecule has 0 N–H and O–H groups in total. The van der Waals surface area contributed by atoms with Crippen LogP contribution < -0.4 is 4.90 Å². The SMILES string of the molecule is CC1(C)c2cc(-c3ccccc3)ccc2-c2ccc(N(c3ccc(-c4ccccc4)cc3)c3cc4ccccc4c4ccccc34)cc21. The highest BCUT2D eigenvalue weighted by atomic mass is 15.1. The molecule has 9 rings (SSSR count). The van der Waals surface area contributed by atoms with Crippen molar-refractivity contribution in [3.8, 4) is 33.4 Å². The van der Waals surface area contributed by atoms with Crippen LogP contribution in [0.3, 0.4) is 0 Å². The molecule has 0 aliphatic heterocycles. The van der Waals surface area contributed by atoms with Gasteiger partial charge in [-0.3, -0.25) is 0 Å². The van der Waals surface area contributed by atoms with Crippen molar-refractivity contribution in [1.82, 2.24) is 0 Å². The smallest absolute Gasteiger partial charge is 0.0546 e. The lowest BCUT2D eigenvalue weighted by molar-refractivity contribution is 0.660. The maximum absolute atomic E-state index is 2.46. The van der Waals surface area contributed by atoms with E-state index in [9.17, 15) is 0 Å². The molecule has 1 heteroatoms. The van der Waals surface area contributed by atoms with Crippen LogP contribution in [0.1, 0.15) is 25.0 Å². The first-order chi connectivity index (χ1) is 23.6. The van der Waals surface area contributed by atoms with Crippen LogP contribution in [-0.4, -0.2) is 0 Å². The molecule has 0 heterocycles. The Kier molecular flexibility index (Phi) is 6.55. The van der Waals surface area contributed by atoms with E-state index in [2.05, 4.69) is 195 Å². The second-order valence-corrected chi connectivity index (χ2v) is 13.4. The minimum Gasteiger partial charge on any atom is -0.310 e. The molecule has 8 aromatic carbocycles. The molecule has 48 heavy (non-hydrogen) atoms. The van der Waals surface area contributed by atoms with Gasteiger partial charge in [0.1, 0.15) is 0 Å². The van der Waals surface area contributed by atoms with E-state index in [1.807, 2.05) is 0 Å². The Hall–Kier alpha value is -5.92. The molecule has 0 amide bonds. The number of benzene rings is 8. The Balaban J connectivity index is 1.23. The first-order valence-electron chi connectivity index (χ1n) is 16.8. The lowest BCUT2D eigenvalue weighted by Crippen LogP contribution is -2.17. The van der Waals surface area contributed by atoms with E-state index in [1.54, 1.807) is 0 Å². The zero-order valence-electron chi connectivity index (χ0n) is 27.2. The summed E-state index contributed by atoms with van der Waals surface area (Å²) in [7, 11) is 0. The Morgan fingerprint density at radius 3 is 1.58 bits per heavy atom. The van der Waals surface area contributed by atoms with Crippen molar-refractivity contribution in [1.29, 1.82) is 0 Å². The van der Waals surface area contributed by atoms with Crippen LogP contribution in [0.5, 0.6) is 0 Å². The van der Waals surface area contributed by atoms with Gasteiger partial charge in [0.15, 0.2) is 0 Å². The standard InChI is InChI=1S/C47H35N/c1-47(2)44-29-35(33-15-7-4-8-16-33)23-27-41(44)42-28-26-38(31-45(42)47)48(37-24-21-34(22-25-37)32-13-5-3-6-14-32)46-30-36-17-9-10-18-39(36)40-19-11-12-20-43(40)46/h3-31H,1-2H3. The van der Waals surface area contributed by atoms with Crippen LogP contribution in [0.15, 0.2) is 176 Å². The van der Waals surface area contributed by atoms with Crippen LogP contribution in [0.4, 0.5) is 17.1 Å². The second-order valence-electron chi connectivity index (χ2n) is 13.4. The monoisotopic (exact) mass is 613 g/mol. The predicted molar refractivity (Wildman–Crippen MR) is 205 cm³/mol. The molecule has 0 saturated carbocycles. The van der Waals surface area contributed by atoms with Crippen molar-refractivity contribution in [2.45, 2.75) is 19.3 Å². The van der Waals surface area contributed by atoms with E-state index in [-0.39, 0.29) is 5.41 Å². The first kappa shape index (κ1) is 28.3. The van der Waals surface area contributed by atoms with Gasteiger partial charge in [-0.2, -0.15) is 0 Å². The fraction of sp³-hybridized carbons (Fsp3) is 0.0638. The van der Waals surface area contributed by atoms with E-state index < -0.39 is 0 Å². The van der Waals surface area contributed by atoms with Crippen molar-refractivity contribution in [3.63, 3.8) is 0 Å². The molecule has 0 aromatic heterocycles. The maximum Gasteiger partial charge on any atom is 0.0546 e. The average molecular weight is 614 g/mol. The highest BCUT2D eigenvalue weighted by Gasteiger charge is 2.36. The second kappa shape index (κ2) is 11.1. The number of nitrogens with zero attached hydrogens (tertiary/aromatic N) is 1. The average Bonchev–Trinajstić information content (AvgIpc) is 3.38. The summed E-state index contributed by atoms with van der Waals surface area (Å²) in [6.07, 6.45) is 0. The van der Waals surface area contributed by atoms with E-state index in [4.69, 9.17) is 0 Å². The number of hydrogen-bond acceptors (Lipinski definition) is 1. The zero-order chi connectivity index (χ0) is 32.2. The molecule has 228 valence electrons. The van der Waals surface area contributed by atoms with Crippen LogP contribution in [0.2, 0.25) is 0 Å². The molecular formula is C47H35N. The van der Waals surface area contributed by atoms with Crippen molar-refractivity contribution >= 4 is 38.6 Å². The quantitative estimate of drug-likeness (QED) is 0.175. The Morgan fingerprint density at radius 1 is 0.375 bits per heavy atom.